The van der Waals surface area contributed by atoms with Crippen LogP contribution in [0.1, 0.15) is 29.3 Å². The molecular weight excluding hydrogens is 197 g/mol. The Morgan fingerprint density at radius 2 is 2.20 bits per heavy atom. The molecule has 0 aliphatic rings. The molecule has 0 radical (unpaired) electrons. The van der Waals surface area contributed by atoms with Crippen LogP contribution in [0.15, 0.2) is 12.1 Å². The van der Waals surface area contributed by atoms with Crippen LogP contribution in [0.2, 0.25) is 0 Å². The van der Waals surface area contributed by atoms with Gasteiger partial charge in [-0.05, 0) is 31.0 Å². The number of rotatable bonds is 3. The zero-order chi connectivity index (χ0) is 11.4. The lowest BCUT2D eigenvalue weighted by atomic mass is 10.1. The van der Waals surface area contributed by atoms with E-state index >= 15 is 0 Å². The summed E-state index contributed by atoms with van der Waals surface area (Å²) in [4.78, 5) is 11.4. The predicted molar refractivity (Wildman–Crippen MR) is 55.4 cm³/mol. The third kappa shape index (κ3) is 2.68. The summed E-state index contributed by atoms with van der Waals surface area (Å²) in [5.74, 6) is -1.18. The number of aryl methyl sites for hydroxylation is 1. The van der Waals surface area contributed by atoms with Crippen molar-refractivity contribution in [2.24, 2.45) is 0 Å². The smallest absolute Gasteiger partial charge is 0.254 e. The zero-order valence-corrected chi connectivity index (χ0v) is 8.80. The van der Waals surface area contributed by atoms with E-state index in [1.54, 1.807) is 6.92 Å². The van der Waals surface area contributed by atoms with E-state index in [4.69, 9.17) is 0 Å². The molecule has 0 fully saturated rings. The normalized spacial score (nSPS) is 10.1. The molecule has 4 heteroatoms. The summed E-state index contributed by atoms with van der Waals surface area (Å²) in [6.07, 6.45) is 0.783. The first-order valence-corrected chi connectivity index (χ1v) is 4.83. The standard InChI is InChI=1S/C11H14FNO2/c1-3-4-13-11(15)8-6-10(14)7(2)5-9(8)12/h5-6,14H,3-4H2,1-2H3,(H,13,15). The van der Waals surface area contributed by atoms with Crippen molar-refractivity contribution in [2.75, 3.05) is 6.54 Å². The van der Waals surface area contributed by atoms with Gasteiger partial charge in [0.2, 0.25) is 0 Å². The van der Waals surface area contributed by atoms with Gasteiger partial charge in [0, 0.05) is 6.54 Å². The van der Waals surface area contributed by atoms with E-state index in [2.05, 4.69) is 5.32 Å². The lowest BCUT2D eigenvalue weighted by Gasteiger charge is -2.06. The Kier molecular flexibility index (Phi) is 3.66. The van der Waals surface area contributed by atoms with Crippen LogP contribution in [0.5, 0.6) is 5.75 Å². The number of nitrogens with one attached hydrogen (secondary N) is 1. The van der Waals surface area contributed by atoms with E-state index in [9.17, 15) is 14.3 Å². The SMILES string of the molecule is CCCNC(=O)c1cc(O)c(C)cc1F. The van der Waals surface area contributed by atoms with Crippen LogP contribution in [-0.2, 0) is 0 Å². The molecule has 3 nitrogen and oxygen atoms in total. The Balaban J connectivity index is 2.94. The van der Waals surface area contributed by atoms with Gasteiger partial charge in [-0.3, -0.25) is 4.79 Å². The molecule has 0 bridgehead atoms. The second kappa shape index (κ2) is 4.77. The van der Waals surface area contributed by atoms with Crippen molar-refractivity contribution in [3.05, 3.63) is 29.1 Å². The highest BCUT2D eigenvalue weighted by molar-refractivity contribution is 5.94. The first kappa shape index (κ1) is 11.5. The van der Waals surface area contributed by atoms with Gasteiger partial charge >= 0.3 is 0 Å². The van der Waals surface area contributed by atoms with Crippen molar-refractivity contribution < 1.29 is 14.3 Å². The quantitative estimate of drug-likeness (QED) is 0.803. The van der Waals surface area contributed by atoms with Crippen LogP contribution in [0.25, 0.3) is 0 Å². The monoisotopic (exact) mass is 211 g/mol. The molecule has 1 aromatic carbocycles. The number of hydrogen-bond acceptors (Lipinski definition) is 2. The molecule has 2 N–H and O–H groups in total. The Bertz CT molecular complexity index is 377. The van der Waals surface area contributed by atoms with Gasteiger partial charge in [-0.15, -0.1) is 0 Å². The third-order valence-electron chi connectivity index (χ3n) is 2.07. The molecule has 0 atom stereocenters. The average molecular weight is 211 g/mol. The number of aromatic hydroxyl groups is 1. The minimum Gasteiger partial charge on any atom is -0.508 e. The van der Waals surface area contributed by atoms with Gasteiger partial charge in [-0.2, -0.15) is 0 Å². The summed E-state index contributed by atoms with van der Waals surface area (Å²) in [6.45, 7) is 3.97. The molecule has 0 aliphatic heterocycles. The Morgan fingerprint density at radius 3 is 2.80 bits per heavy atom. The van der Waals surface area contributed by atoms with Crippen molar-refractivity contribution in [1.82, 2.24) is 5.32 Å². The zero-order valence-electron chi connectivity index (χ0n) is 8.80. The number of carbonyl (C=O) groups is 1. The number of halogens is 1. The largest absolute Gasteiger partial charge is 0.508 e. The van der Waals surface area contributed by atoms with Crippen molar-refractivity contribution >= 4 is 5.91 Å². The molecule has 0 heterocycles. The van der Waals surface area contributed by atoms with Crippen molar-refractivity contribution in [1.29, 1.82) is 0 Å². The average Bonchev–Trinajstić information content (AvgIpc) is 2.20. The number of phenolic OH excluding ortho intramolecular Hbond substituents is 1. The highest BCUT2D eigenvalue weighted by atomic mass is 19.1. The van der Waals surface area contributed by atoms with E-state index in [-0.39, 0.29) is 11.3 Å². The van der Waals surface area contributed by atoms with Crippen molar-refractivity contribution in [3.8, 4) is 5.75 Å². The lowest BCUT2D eigenvalue weighted by molar-refractivity contribution is 0.0949. The van der Waals surface area contributed by atoms with Crippen LogP contribution in [0.3, 0.4) is 0 Å². The van der Waals surface area contributed by atoms with E-state index in [1.807, 2.05) is 6.92 Å². The van der Waals surface area contributed by atoms with Gasteiger partial charge in [0.1, 0.15) is 11.6 Å². The summed E-state index contributed by atoms with van der Waals surface area (Å²) in [7, 11) is 0. The third-order valence-corrected chi connectivity index (χ3v) is 2.07. The second-order valence-corrected chi connectivity index (χ2v) is 3.37. The second-order valence-electron chi connectivity index (χ2n) is 3.37. The molecular formula is C11H14FNO2. The maximum atomic E-state index is 13.3. The molecule has 1 amide bonds. The fourth-order valence-corrected chi connectivity index (χ4v) is 1.17. The van der Waals surface area contributed by atoms with Gasteiger partial charge in [0.15, 0.2) is 0 Å². The summed E-state index contributed by atoms with van der Waals surface area (Å²) in [5, 5.41) is 11.9. The molecule has 0 unspecified atom stereocenters. The number of hydrogen-bond donors (Lipinski definition) is 2. The van der Waals surface area contributed by atoms with Crippen LogP contribution in [-0.4, -0.2) is 17.6 Å². The highest BCUT2D eigenvalue weighted by Gasteiger charge is 2.13. The number of phenols is 1. The minimum atomic E-state index is -0.612. The molecule has 15 heavy (non-hydrogen) atoms. The number of benzene rings is 1. The van der Waals surface area contributed by atoms with Crippen molar-refractivity contribution in [3.63, 3.8) is 0 Å². The molecule has 82 valence electrons. The Labute approximate surface area is 87.9 Å². The molecule has 1 rings (SSSR count). The minimum absolute atomic E-state index is 0.0713. The molecule has 1 aromatic rings. The number of amides is 1. The summed E-state index contributed by atoms with van der Waals surface area (Å²) >= 11 is 0. The van der Waals surface area contributed by atoms with Crippen LogP contribution in [0.4, 0.5) is 4.39 Å². The van der Waals surface area contributed by atoms with E-state index in [0.717, 1.165) is 18.6 Å². The molecule has 0 aromatic heterocycles. The summed E-state index contributed by atoms with van der Waals surface area (Å²) in [6, 6.07) is 2.30. The molecule has 0 saturated heterocycles. The van der Waals surface area contributed by atoms with Gasteiger partial charge < -0.3 is 10.4 Å². The van der Waals surface area contributed by atoms with Gasteiger partial charge in [0.05, 0.1) is 5.56 Å². The van der Waals surface area contributed by atoms with Gasteiger partial charge in [-0.1, -0.05) is 6.92 Å². The molecule has 0 aliphatic carbocycles. The summed E-state index contributed by atoms with van der Waals surface area (Å²) in [5.41, 5.74) is 0.297. The van der Waals surface area contributed by atoms with Crippen LogP contribution >= 0.6 is 0 Å². The predicted octanol–water partition coefficient (Wildman–Crippen LogP) is 1.98. The number of carbonyl (C=O) groups excluding carboxylic acids is 1. The van der Waals surface area contributed by atoms with Crippen LogP contribution in [0, 0.1) is 12.7 Å². The highest BCUT2D eigenvalue weighted by Crippen LogP contribution is 2.20. The first-order valence-electron chi connectivity index (χ1n) is 4.83. The molecule has 0 spiro atoms. The maximum absolute atomic E-state index is 13.3. The van der Waals surface area contributed by atoms with Crippen molar-refractivity contribution in [2.45, 2.75) is 20.3 Å². The van der Waals surface area contributed by atoms with Crippen LogP contribution < -0.4 is 5.32 Å². The fraction of sp³-hybridized carbons (Fsp3) is 0.364. The van der Waals surface area contributed by atoms with E-state index in [1.165, 1.54) is 0 Å². The summed E-state index contributed by atoms with van der Waals surface area (Å²) < 4.78 is 13.3. The Morgan fingerprint density at radius 1 is 1.53 bits per heavy atom. The first-order chi connectivity index (χ1) is 7.06. The maximum Gasteiger partial charge on any atom is 0.254 e. The topological polar surface area (TPSA) is 49.3 Å². The van der Waals surface area contributed by atoms with Gasteiger partial charge in [-0.25, -0.2) is 4.39 Å². The molecule has 0 saturated carbocycles. The lowest BCUT2D eigenvalue weighted by Crippen LogP contribution is -2.24. The fourth-order valence-electron chi connectivity index (χ4n) is 1.17. The van der Waals surface area contributed by atoms with Gasteiger partial charge in [0.25, 0.3) is 5.91 Å². The van der Waals surface area contributed by atoms with E-state index in [0.29, 0.717) is 12.1 Å². The van der Waals surface area contributed by atoms with E-state index < -0.39 is 11.7 Å². The Hall–Kier alpha value is -1.58.